The fourth-order valence-corrected chi connectivity index (χ4v) is 2.84. The lowest BCUT2D eigenvalue weighted by Crippen LogP contribution is -2.45. The molecule has 0 radical (unpaired) electrons. The van der Waals surface area contributed by atoms with Crippen molar-refractivity contribution in [3.8, 4) is 0 Å². The van der Waals surface area contributed by atoms with Crippen LogP contribution in [0.5, 0.6) is 0 Å². The van der Waals surface area contributed by atoms with Gasteiger partial charge in [-0.3, -0.25) is 9.78 Å². The van der Waals surface area contributed by atoms with Crippen molar-refractivity contribution in [1.82, 2.24) is 20.5 Å². The van der Waals surface area contributed by atoms with E-state index in [1.165, 1.54) is 19.3 Å². The van der Waals surface area contributed by atoms with Crippen molar-refractivity contribution in [2.75, 3.05) is 13.1 Å². The van der Waals surface area contributed by atoms with Crippen LogP contribution in [-0.2, 0) is 11.3 Å². The van der Waals surface area contributed by atoms with Gasteiger partial charge >= 0.3 is 6.03 Å². The Bertz CT molecular complexity index is 501. The summed E-state index contributed by atoms with van der Waals surface area (Å²) in [4.78, 5) is 29.3. The molecule has 1 aromatic rings. The summed E-state index contributed by atoms with van der Waals surface area (Å²) in [6, 6.07) is 3.94. The van der Waals surface area contributed by atoms with Crippen molar-refractivity contribution in [3.63, 3.8) is 0 Å². The molecule has 1 saturated carbocycles. The van der Waals surface area contributed by atoms with E-state index in [0.717, 1.165) is 18.4 Å². The van der Waals surface area contributed by atoms with Crippen LogP contribution < -0.4 is 10.6 Å². The molecule has 3 amide bonds. The van der Waals surface area contributed by atoms with E-state index in [1.807, 2.05) is 12.1 Å². The van der Waals surface area contributed by atoms with Crippen LogP contribution in [0.25, 0.3) is 0 Å². The van der Waals surface area contributed by atoms with E-state index in [9.17, 15) is 9.59 Å². The molecule has 0 spiro atoms. The highest BCUT2D eigenvalue weighted by Gasteiger charge is 2.15. The van der Waals surface area contributed by atoms with Gasteiger partial charge in [0.15, 0.2) is 0 Å². The number of rotatable bonds is 6. The first-order chi connectivity index (χ1) is 11.1. The molecule has 23 heavy (non-hydrogen) atoms. The molecule has 0 aromatic carbocycles. The van der Waals surface area contributed by atoms with Crippen molar-refractivity contribution in [3.05, 3.63) is 30.1 Å². The number of urea groups is 1. The van der Waals surface area contributed by atoms with Crippen LogP contribution in [0, 0.1) is 0 Å². The quantitative estimate of drug-likeness (QED) is 0.843. The maximum atomic E-state index is 11.9. The van der Waals surface area contributed by atoms with Crippen molar-refractivity contribution >= 4 is 11.9 Å². The molecule has 2 rings (SSSR count). The zero-order valence-corrected chi connectivity index (χ0v) is 13.8. The maximum absolute atomic E-state index is 11.9. The van der Waals surface area contributed by atoms with E-state index in [2.05, 4.69) is 15.6 Å². The largest absolute Gasteiger partial charge is 0.337 e. The highest BCUT2D eigenvalue weighted by molar-refractivity contribution is 5.75. The van der Waals surface area contributed by atoms with E-state index in [1.54, 1.807) is 24.2 Å². The van der Waals surface area contributed by atoms with Crippen LogP contribution in [-0.4, -0.2) is 41.0 Å². The Balaban J connectivity index is 1.71. The zero-order valence-electron chi connectivity index (χ0n) is 13.8. The number of nitrogens with zero attached hydrogens (tertiary/aromatic N) is 2. The number of hydrogen-bond donors (Lipinski definition) is 2. The summed E-state index contributed by atoms with van der Waals surface area (Å²) in [6.07, 6.45) is 9.20. The number of carbonyl (C=O) groups is 2. The third-order valence-corrected chi connectivity index (χ3v) is 4.18. The molecule has 126 valence electrons. The van der Waals surface area contributed by atoms with Crippen LogP contribution in [0.2, 0.25) is 0 Å². The number of amides is 3. The van der Waals surface area contributed by atoms with Gasteiger partial charge in [-0.25, -0.2) is 4.79 Å². The fraction of sp³-hybridized carbons (Fsp3) is 0.588. The Hall–Kier alpha value is -2.11. The van der Waals surface area contributed by atoms with Crippen molar-refractivity contribution in [2.45, 2.75) is 51.6 Å². The molecule has 6 heteroatoms. The highest BCUT2D eigenvalue weighted by Crippen LogP contribution is 2.17. The second-order valence-corrected chi connectivity index (χ2v) is 6.03. The van der Waals surface area contributed by atoms with Gasteiger partial charge in [0.2, 0.25) is 5.91 Å². The van der Waals surface area contributed by atoms with Gasteiger partial charge in [0.05, 0.1) is 0 Å². The summed E-state index contributed by atoms with van der Waals surface area (Å²) in [5, 5.41) is 5.85. The van der Waals surface area contributed by atoms with E-state index in [-0.39, 0.29) is 11.9 Å². The van der Waals surface area contributed by atoms with Crippen LogP contribution >= 0.6 is 0 Å². The Kier molecular flexibility index (Phi) is 6.84. The second-order valence-electron chi connectivity index (χ2n) is 6.03. The summed E-state index contributed by atoms with van der Waals surface area (Å²) in [5.74, 6) is -0.00343. The molecule has 0 saturated heterocycles. The van der Waals surface area contributed by atoms with Gasteiger partial charge in [-0.2, -0.15) is 0 Å². The van der Waals surface area contributed by atoms with E-state index >= 15 is 0 Å². The molecule has 1 aromatic heterocycles. The Morgan fingerprint density at radius 1 is 1.22 bits per heavy atom. The predicted molar refractivity (Wildman–Crippen MR) is 88.7 cm³/mol. The second kappa shape index (κ2) is 9.12. The topological polar surface area (TPSA) is 74.3 Å². The van der Waals surface area contributed by atoms with Crippen LogP contribution in [0.4, 0.5) is 4.79 Å². The van der Waals surface area contributed by atoms with Crippen molar-refractivity contribution in [1.29, 1.82) is 0 Å². The number of carbonyl (C=O) groups excluding carboxylic acids is 2. The van der Waals surface area contributed by atoms with E-state index < -0.39 is 0 Å². The molecular weight excluding hydrogens is 292 g/mol. The number of aromatic nitrogens is 1. The molecule has 6 nitrogen and oxygen atoms in total. The van der Waals surface area contributed by atoms with Crippen molar-refractivity contribution < 1.29 is 9.59 Å². The molecule has 0 aliphatic heterocycles. The minimum atomic E-state index is -0.135. The van der Waals surface area contributed by atoms with Gasteiger partial charge in [0.25, 0.3) is 0 Å². The lowest BCUT2D eigenvalue weighted by Gasteiger charge is -2.24. The van der Waals surface area contributed by atoms with Gasteiger partial charge in [-0.1, -0.05) is 19.3 Å². The molecule has 2 N–H and O–H groups in total. The third kappa shape index (κ3) is 6.26. The minimum absolute atomic E-state index is 0.00343. The summed E-state index contributed by atoms with van der Waals surface area (Å²) in [5.41, 5.74) is 1.03. The Morgan fingerprint density at radius 2 is 1.91 bits per heavy atom. The Labute approximate surface area is 137 Å². The predicted octanol–water partition coefficient (Wildman–Crippen LogP) is 2.06. The smallest absolute Gasteiger partial charge is 0.315 e. The van der Waals surface area contributed by atoms with Crippen LogP contribution in [0.15, 0.2) is 24.5 Å². The molecule has 0 atom stereocenters. The van der Waals surface area contributed by atoms with E-state index in [0.29, 0.717) is 25.7 Å². The lowest BCUT2D eigenvalue weighted by molar-refractivity contribution is -0.129. The van der Waals surface area contributed by atoms with Gasteiger partial charge in [0.1, 0.15) is 0 Å². The maximum Gasteiger partial charge on any atom is 0.315 e. The van der Waals surface area contributed by atoms with Crippen LogP contribution in [0.3, 0.4) is 0 Å². The molecule has 1 aliphatic carbocycles. The first-order valence-corrected chi connectivity index (χ1v) is 8.34. The number of hydrogen-bond acceptors (Lipinski definition) is 3. The number of nitrogens with one attached hydrogen (secondary N) is 2. The molecule has 1 fully saturated rings. The molecule has 0 bridgehead atoms. The highest BCUT2D eigenvalue weighted by atomic mass is 16.2. The monoisotopic (exact) mass is 318 g/mol. The van der Waals surface area contributed by atoms with Crippen molar-refractivity contribution in [2.24, 2.45) is 0 Å². The summed E-state index contributed by atoms with van der Waals surface area (Å²) < 4.78 is 0. The van der Waals surface area contributed by atoms with Gasteiger partial charge in [-0.15, -0.1) is 0 Å². The normalized spacial score (nSPS) is 15.0. The average Bonchev–Trinajstić information content (AvgIpc) is 2.55. The minimum Gasteiger partial charge on any atom is -0.337 e. The fourth-order valence-electron chi connectivity index (χ4n) is 2.84. The summed E-state index contributed by atoms with van der Waals surface area (Å²) in [7, 11) is 0. The van der Waals surface area contributed by atoms with Gasteiger partial charge in [-0.05, 0) is 30.5 Å². The standard InChI is InChI=1S/C17H26N4O2/c1-14(22)21(13-15-7-9-18-10-8-15)12-11-19-17(23)20-16-5-3-2-4-6-16/h7-10,16H,2-6,11-13H2,1H3,(H2,19,20,23). The summed E-state index contributed by atoms with van der Waals surface area (Å²) in [6.45, 7) is 3.02. The first kappa shape index (κ1) is 17.2. The average molecular weight is 318 g/mol. The molecule has 1 heterocycles. The Morgan fingerprint density at radius 3 is 2.57 bits per heavy atom. The third-order valence-electron chi connectivity index (χ3n) is 4.18. The first-order valence-electron chi connectivity index (χ1n) is 8.34. The molecule has 1 aliphatic rings. The molecular formula is C17H26N4O2. The van der Waals surface area contributed by atoms with E-state index in [4.69, 9.17) is 0 Å². The lowest BCUT2D eigenvalue weighted by atomic mass is 9.96. The zero-order chi connectivity index (χ0) is 16.5. The van der Waals surface area contributed by atoms with Gasteiger partial charge in [0, 0.05) is 45.0 Å². The van der Waals surface area contributed by atoms with Gasteiger partial charge < -0.3 is 15.5 Å². The summed E-state index contributed by atoms with van der Waals surface area (Å²) >= 11 is 0. The van der Waals surface area contributed by atoms with Crippen LogP contribution in [0.1, 0.15) is 44.6 Å². The SMILES string of the molecule is CC(=O)N(CCNC(=O)NC1CCCCC1)Cc1ccncc1. The molecule has 0 unspecified atom stereocenters. The number of pyridine rings is 1.